The second kappa shape index (κ2) is 11.1. The second-order valence-electron chi connectivity index (χ2n) is 7.34. The Hall–Kier alpha value is -3.43. The van der Waals surface area contributed by atoms with Gasteiger partial charge in [-0.3, -0.25) is 9.59 Å². The van der Waals surface area contributed by atoms with Crippen LogP contribution in [0.15, 0.2) is 71.1 Å². The molecular weight excluding hydrogens is 470 g/mol. The minimum Gasteiger partial charge on any atom is -0.497 e. The third-order valence-electron chi connectivity index (χ3n) is 5.18. The molecule has 0 aliphatic rings. The van der Waals surface area contributed by atoms with Crippen molar-refractivity contribution in [2.45, 2.75) is 11.4 Å². The Kier molecular flexibility index (Phi) is 7.76. The van der Waals surface area contributed by atoms with Gasteiger partial charge in [-0.15, -0.1) is 23.1 Å². The van der Waals surface area contributed by atoms with Crippen LogP contribution in [0.1, 0.15) is 9.67 Å². The first-order valence-electron chi connectivity index (χ1n) is 10.6. The summed E-state index contributed by atoms with van der Waals surface area (Å²) in [4.78, 5) is 26.6. The molecule has 2 amide bonds. The number of rotatable bonds is 10. The van der Waals surface area contributed by atoms with Gasteiger partial charge in [0.05, 0.1) is 30.5 Å². The maximum atomic E-state index is 12.6. The van der Waals surface area contributed by atoms with Crippen molar-refractivity contribution in [1.29, 1.82) is 0 Å². The van der Waals surface area contributed by atoms with Crippen LogP contribution in [0.2, 0.25) is 0 Å². The predicted molar refractivity (Wildman–Crippen MR) is 137 cm³/mol. The number of thioether (sulfide) groups is 1. The number of ether oxygens (including phenoxy) is 2. The molecule has 34 heavy (non-hydrogen) atoms. The molecule has 0 saturated heterocycles. The van der Waals surface area contributed by atoms with Gasteiger partial charge in [-0.25, -0.2) is 0 Å². The van der Waals surface area contributed by atoms with Gasteiger partial charge in [-0.05, 0) is 29.6 Å². The fourth-order valence-electron chi connectivity index (χ4n) is 3.53. The number of fused-ring (bicyclic) bond motifs is 1. The number of benzene rings is 2. The van der Waals surface area contributed by atoms with Gasteiger partial charge in [-0.2, -0.15) is 0 Å². The number of nitrogens with one attached hydrogen (secondary N) is 2. The molecule has 0 saturated carbocycles. The SMILES string of the molecule is COc1ccc(NC(=O)CSc2cn(CCNC(=O)c3cccs3)c3ccccc23)c(OC)c1. The van der Waals surface area contributed by atoms with E-state index in [4.69, 9.17) is 9.47 Å². The topological polar surface area (TPSA) is 81.6 Å². The number of methoxy groups -OCH3 is 2. The van der Waals surface area contributed by atoms with Gasteiger partial charge < -0.3 is 24.7 Å². The van der Waals surface area contributed by atoms with Crippen molar-refractivity contribution in [2.24, 2.45) is 0 Å². The van der Waals surface area contributed by atoms with E-state index in [2.05, 4.69) is 15.2 Å². The third kappa shape index (κ3) is 5.55. The Balaban J connectivity index is 1.39. The number of amides is 2. The van der Waals surface area contributed by atoms with E-state index in [9.17, 15) is 9.59 Å². The zero-order valence-corrected chi connectivity index (χ0v) is 20.5. The summed E-state index contributed by atoms with van der Waals surface area (Å²) in [7, 11) is 3.13. The van der Waals surface area contributed by atoms with E-state index >= 15 is 0 Å². The summed E-state index contributed by atoms with van der Waals surface area (Å²) in [6.07, 6.45) is 2.04. The molecule has 176 valence electrons. The van der Waals surface area contributed by atoms with Crippen LogP contribution in [-0.2, 0) is 11.3 Å². The highest BCUT2D eigenvalue weighted by Gasteiger charge is 2.13. The Morgan fingerprint density at radius 2 is 1.91 bits per heavy atom. The number of nitrogens with zero attached hydrogens (tertiary/aromatic N) is 1. The fourth-order valence-corrected chi connectivity index (χ4v) is 5.06. The minimum absolute atomic E-state index is 0.0632. The van der Waals surface area contributed by atoms with Crippen molar-refractivity contribution in [3.8, 4) is 11.5 Å². The van der Waals surface area contributed by atoms with E-state index in [0.717, 1.165) is 15.8 Å². The van der Waals surface area contributed by atoms with E-state index in [1.54, 1.807) is 32.4 Å². The number of hydrogen-bond acceptors (Lipinski definition) is 6. The standard InChI is InChI=1S/C25H25N3O4S2/c1-31-17-9-10-19(21(14-17)32-2)27-24(29)16-34-23-15-28(20-7-4-3-6-18(20)23)12-11-26-25(30)22-8-5-13-33-22/h3-10,13-15H,11-12,16H2,1-2H3,(H,26,30)(H,27,29). The molecule has 2 heterocycles. The Labute approximate surface area is 206 Å². The summed E-state index contributed by atoms with van der Waals surface area (Å²) in [5.41, 5.74) is 1.66. The van der Waals surface area contributed by atoms with Crippen LogP contribution in [-0.4, -0.2) is 42.9 Å². The number of para-hydroxylation sites is 1. The molecule has 0 spiro atoms. The zero-order chi connectivity index (χ0) is 23.9. The van der Waals surface area contributed by atoms with Gasteiger partial charge in [-0.1, -0.05) is 24.3 Å². The molecule has 0 aliphatic carbocycles. The van der Waals surface area contributed by atoms with Gasteiger partial charge in [0.2, 0.25) is 5.91 Å². The van der Waals surface area contributed by atoms with Crippen molar-refractivity contribution in [3.05, 3.63) is 71.1 Å². The molecule has 0 unspecified atom stereocenters. The highest BCUT2D eigenvalue weighted by atomic mass is 32.2. The molecule has 0 aliphatic heterocycles. The molecule has 7 nitrogen and oxygen atoms in total. The maximum Gasteiger partial charge on any atom is 0.261 e. The number of carbonyl (C=O) groups excluding carboxylic acids is 2. The molecular formula is C25H25N3O4S2. The van der Waals surface area contributed by atoms with Crippen LogP contribution >= 0.6 is 23.1 Å². The summed E-state index contributed by atoms with van der Waals surface area (Å²) in [6.45, 7) is 1.14. The highest BCUT2D eigenvalue weighted by molar-refractivity contribution is 8.00. The lowest BCUT2D eigenvalue weighted by Crippen LogP contribution is -2.26. The predicted octanol–water partition coefficient (Wildman–Crippen LogP) is 4.88. The molecule has 2 aromatic carbocycles. The summed E-state index contributed by atoms with van der Waals surface area (Å²) in [6, 6.07) is 17.0. The molecule has 2 N–H and O–H groups in total. The van der Waals surface area contributed by atoms with Crippen LogP contribution in [0.3, 0.4) is 0 Å². The molecule has 0 bridgehead atoms. The van der Waals surface area contributed by atoms with Crippen molar-refractivity contribution in [3.63, 3.8) is 0 Å². The summed E-state index contributed by atoms with van der Waals surface area (Å²) in [5.74, 6) is 1.25. The van der Waals surface area contributed by atoms with E-state index in [1.165, 1.54) is 23.1 Å². The molecule has 0 radical (unpaired) electrons. The highest BCUT2D eigenvalue weighted by Crippen LogP contribution is 2.32. The minimum atomic E-state index is -0.131. The lowest BCUT2D eigenvalue weighted by Gasteiger charge is -2.11. The lowest BCUT2D eigenvalue weighted by molar-refractivity contribution is -0.113. The van der Waals surface area contributed by atoms with Gasteiger partial charge in [0.15, 0.2) is 0 Å². The van der Waals surface area contributed by atoms with Gasteiger partial charge in [0.25, 0.3) is 5.91 Å². The van der Waals surface area contributed by atoms with Crippen molar-refractivity contribution >= 4 is 51.5 Å². The van der Waals surface area contributed by atoms with Crippen LogP contribution in [0.5, 0.6) is 11.5 Å². The van der Waals surface area contributed by atoms with Gasteiger partial charge in [0, 0.05) is 41.2 Å². The van der Waals surface area contributed by atoms with Crippen LogP contribution in [0, 0.1) is 0 Å². The van der Waals surface area contributed by atoms with E-state index in [0.29, 0.717) is 35.2 Å². The van der Waals surface area contributed by atoms with Crippen LogP contribution in [0.4, 0.5) is 5.69 Å². The molecule has 9 heteroatoms. The smallest absolute Gasteiger partial charge is 0.261 e. The van der Waals surface area contributed by atoms with Gasteiger partial charge in [0.1, 0.15) is 11.5 Å². The number of thiophene rings is 1. The average molecular weight is 496 g/mol. The van der Waals surface area contributed by atoms with Crippen LogP contribution < -0.4 is 20.1 Å². The molecule has 4 rings (SSSR count). The fraction of sp³-hybridized carbons (Fsp3) is 0.200. The summed E-state index contributed by atoms with van der Waals surface area (Å²) in [5, 5.41) is 8.83. The largest absolute Gasteiger partial charge is 0.497 e. The average Bonchev–Trinajstić information content (AvgIpc) is 3.52. The first kappa shape index (κ1) is 23.7. The van der Waals surface area contributed by atoms with Crippen LogP contribution in [0.25, 0.3) is 10.9 Å². The zero-order valence-electron chi connectivity index (χ0n) is 18.9. The maximum absolute atomic E-state index is 12.6. The third-order valence-corrected chi connectivity index (χ3v) is 7.09. The number of aromatic nitrogens is 1. The number of hydrogen-bond donors (Lipinski definition) is 2. The van der Waals surface area contributed by atoms with E-state index in [-0.39, 0.29) is 17.6 Å². The number of carbonyl (C=O) groups is 2. The first-order valence-corrected chi connectivity index (χ1v) is 12.5. The Morgan fingerprint density at radius 1 is 1.06 bits per heavy atom. The van der Waals surface area contributed by atoms with Crippen molar-refractivity contribution < 1.29 is 19.1 Å². The lowest BCUT2D eigenvalue weighted by atomic mass is 10.2. The molecule has 0 fully saturated rings. The first-order chi connectivity index (χ1) is 16.6. The van der Waals surface area contributed by atoms with Crippen molar-refractivity contribution in [2.75, 3.05) is 31.8 Å². The number of anilines is 1. The normalized spacial score (nSPS) is 10.8. The Bertz CT molecular complexity index is 1280. The molecule has 2 aromatic heterocycles. The summed E-state index contributed by atoms with van der Waals surface area (Å²) >= 11 is 2.90. The molecule has 0 atom stereocenters. The monoisotopic (exact) mass is 495 g/mol. The molecule has 4 aromatic rings. The Morgan fingerprint density at radius 3 is 2.68 bits per heavy atom. The van der Waals surface area contributed by atoms with Gasteiger partial charge >= 0.3 is 0 Å². The quantitative estimate of drug-likeness (QED) is 0.307. The summed E-state index contributed by atoms with van der Waals surface area (Å²) < 4.78 is 12.7. The van der Waals surface area contributed by atoms with Crippen molar-refractivity contribution in [1.82, 2.24) is 9.88 Å². The van der Waals surface area contributed by atoms with E-state index < -0.39 is 0 Å². The van der Waals surface area contributed by atoms with E-state index in [1.807, 2.05) is 48.0 Å². The second-order valence-corrected chi connectivity index (χ2v) is 9.31.